The van der Waals surface area contributed by atoms with Gasteiger partial charge in [0.15, 0.2) is 0 Å². The highest BCUT2D eigenvalue weighted by atomic mass is 16.6. The molecule has 0 heterocycles. The van der Waals surface area contributed by atoms with Crippen molar-refractivity contribution in [1.82, 2.24) is 0 Å². The molecular formula is C16H24N2O2. The summed E-state index contributed by atoms with van der Waals surface area (Å²) in [4.78, 5) is 10.3. The Bertz CT molecular complexity index is 458. The Balaban J connectivity index is 1.97. The zero-order valence-corrected chi connectivity index (χ0v) is 12.2. The Hall–Kier alpha value is -1.42. The van der Waals surface area contributed by atoms with E-state index >= 15 is 0 Å². The zero-order valence-electron chi connectivity index (χ0n) is 12.2. The normalized spacial score (nSPS) is 26.4. The van der Waals surface area contributed by atoms with Crippen LogP contribution in [0.15, 0.2) is 24.3 Å². The SMILES string of the molecule is CC1CCCC(CN)(CCc2ccc([N+](=O)[O-])cc2)C1. The molecule has 1 aliphatic carbocycles. The molecule has 2 rings (SSSR count). The predicted octanol–water partition coefficient (Wildman–Crippen LogP) is 3.68. The van der Waals surface area contributed by atoms with E-state index in [-0.39, 0.29) is 16.0 Å². The summed E-state index contributed by atoms with van der Waals surface area (Å²) in [5.74, 6) is 0.768. The molecule has 4 heteroatoms. The van der Waals surface area contributed by atoms with Crippen LogP contribution in [0.2, 0.25) is 0 Å². The van der Waals surface area contributed by atoms with E-state index in [0.29, 0.717) is 0 Å². The highest BCUT2D eigenvalue weighted by Gasteiger charge is 2.33. The number of nitrogens with two attached hydrogens (primary N) is 1. The molecule has 2 atom stereocenters. The Morgan fingerprint density at radius 2 is 2.10 bits per heavy atom. The summed E-state index contributed by atoms with van der Waals surface area (Å²) < 4.78 is 0. The molecule has 1 aliphatic rings. The number of rotatable bonds is 5. The van der Waals surface area contributed by atoms with Crippen LogP contribution in [0.5, 0.6) is 0 Å². The number of benzene rings is 1. The largest absolute Gasteiger partial charge is 0.330 e. The number of aryl methyl sites for hydroxylation is 1. The lowest BCUT2D eigenvalue weighted by Crippen LogP contribution is -2.35. The van der Waals surface area contributed by atoms with Gasteiger partial charge in [-0.05, 0) is 49.1 Å². The second-order valence-corrected chi connectivity index (χ2v) is 6.33. The number of nitro groups is 1. The van der Waals surface area contributed by atoms with Crippen molar-refractivity contribution in [1.29, 1.82) is 0 Å². The van der Waals surface area contributed by atoms with Gasteiger partial charge in [-0.1, -0.05) is 31.9 Å². The van der Waals surface area contributed by atoms with Gasteiger partial charge in [-0.25, -0.2) is 0 Å². The Morgan fingerprint density at radius 3 is 2.65 bits per heavy atom. The van der Waals surface area contributed by atoms with Crippen molar-refractivity contribution in [2.75, 3.05) is 6.54 Å². The van der Waals surface area contributed by atoms with E-state index in [1.807, 2.05) is 12.1 Å². The van der Waals surface area contributed by atoms with Crippen LogP contribution in [0.4, 0.5) is 5.69 Å². The maximum atomic E-state index is 10.6. The fraction of sp³-hybridized carbons (Fsp3) is 0.625. The van der Waals surface area contributed by atoms with Crippen molar-refractivity contribution in [3.05, 3.63) is 39.9 Å². The molecule has 4 nitrogen and oxygen atoms in total. The first-order chi connectivity index (χ1) is 9.54. The van der Waals surface area contributed by atoms with Gasteiger partial charge in [-0.3, -0.25) is 10.1 Å². The van der Waals surface area contributed by atoms with Crippen LogP contribution in [0.1, 0.15) is 44.6 Å². The molecule has 2 unspecified atom stereocenters. The van der Waals surface area contributed by atoms with E-state index in [9.17, 15) is 10.1 Å². The minimum Gasteiger partial charge on any atom is -0.330 e. The molecule has 0 radical (unpaired) electrons. The van der Waals surface area contributed by atoms with Gasteiger partial charge in [-0.2, -0.15) is 0 Å². The third kappa shape index (κ3) is 3.57. The second-order valence-electron chi connectivity index (χ2n) is 6.33. The monoisotopic (exact) mass is 276 g/mol. The van der Waals surface area contributed by atoms with Crippen molar-refractivity contribution in [2.45, 2.75) is 45.4 Å². The number of hydrogen-bond donors (Lipinski definition) is 1. The zero-order chi connectivity index (χ0) is 14.6. The third-order valence-electron chi connectivity index (χ3n) is 4.71. The predicted molar refractivity (Wildman–Crippen MR) is 80.5 cm³/mol. The number of nitrogens with zero attached hydrogens (tertiary/aromatic N) is 1. The van der Waals surface area contributed by atoms with E-state index in [0.717, 1.165) is 25.3 Å². The molecule has 1 aromatic rings. The van der Waals surface area contributed by atoms with Crippen LogP contribution in [0, 0.1) is 21.4 Å². The Labute approximate surface area is 120 Å². The van der Waals surface area contributed by atoms with Crippen molar-refractivity contribution in [3.63, 3.8) is 0 Å². The minimum absolute atomic E-state index is 0.161. The van der Waals surface area contributed by atoms with Gasteiger partial charge in [0, 0.05) is 12.1 Å². The average Bonchev–Trinajstić information content (AvgIpc) is 2.45. The second kappa shape index (κ2) is 6.35. The van der Waals surface area contributed by atoms with E-state index in [1.165, 1.54) is 31.2 Å². The van der Waals surface area contributed by atoms with E-state index in [1.54, 1.807) is 12.1 Å². The van der Waals surface area contributed by atoms with E-state index < -0.39 is 0 Å². The van der Waals surface area contributed by atoms with Gasteiger partial charge >= 0.3 is 0 Å². The highest BCUT2D eigenvalue weighted by molar-refractivity contribution is 5.32. The number of non-ortho nitro benzene ring substituents is 1. The maximum absolute atomic E-state index is 10.6. The molecule has 1 fully saturated rings. The summed E-state index contributed by atoms with van der Waals surface area (Å²) in [6.07, 6.45) is 7.09. The van der Waals surface area contributed by atoms with Gasteiger partial charge in [0.1, 0.15) is 0 Å². The van der Waals surface area contributed by atoms with Crippen LogP contribution in [0.3, 0.4) is 0 Å². The first kappa shape index (κ1) is 15.0. The highest BCUT2D eigenvalue weighted by Crippen LogP contribution is 2.41. The number of hydrogen-bond acceptors (Lipinski definition) is 3. The fourth-order valence-electron chi connectivity index (χ4n) is 3.48. The lowest BCUT2D eigenvalue weighted by atomic mass is 9.67. The molecule has 110 valence electrons. The van der Waals surface area contributed by atoms with Crippen LogP contribution < -0.4 is 5.73 Å². The molecule has 0 saturated heterocycles. The Morgan fingerprint density at radius 1 is 1.40 bits per heavy atom. The topological polar surface area (TPSA) is 69.2 Å². The van der Waals surface area contributed by atoms with Gasteiger partial charge < -0.3 is 5.73 Å². The first-order valence-electron chi connectivity index (χ1n) is 7.48. The third-order valence-corrected chi connectivity index (χ3v) is 4.71. The summed E-state index contributed by atoms with van der Waals surface area (Å²) >= 11 is 0. The van der Waals surface area contributed by atoms with Crippen molar-refractivity contribution >= 4 is 5.69 Å². The standard InChI is InChI=1S/C16H24N2O2/c1-13-3-2-9-16(11-13,12-17)10-8-14-4-6-15(7-5-14)18(19)20/h4-7,13H,2-3,8-12,17H2,1H3. The molecule has 1 saturated carbocycles. The molecule has 0 aromatic heterocycles. The minimum atomic E-state index is -0.353. The van der Waals surface area contributed by atoms with Crippen LogP contribution in [0.25, 0.3) is 0 Å². The van der Waals surface area contributed by atoms with Crippen LogP contribution >= 0.6 is 0 Å². The average molecular weight is 276 g/mol. The summed E-state index contributed by atoms with van der Waals surface area (Å²) in [7, 11) is 0. The summed E-state index contributed by atoms with van der Waals surface area (Å²) in [6, 6.07) is 6.92. The van der Waals surface area contributed by atoms with Crippen LogP contribution in [-0.2, 0) is 6.42 Å². The van der Waals surface area contributed by atoms with Gasteiger partial charge in [0.25, 0.3) is 5.69 Å². The van der Waals surface area contributed by atoms with Crippen molar-refractivity contribution in [3.8, 4) is 0 Å². The molecule has 0 bridgehead atoms. The molecule has 2 N–H and O–H groups in total. The molecule has 20 heavy (non-hydrogen) atoms. The van der Waals surface area contributed by atoms with Crippen molar-refractivity contribution in [2.24, 2.45) is 17.1 Å². The summed E-state index contributed by atoms with van der Waals surface area (Å²) in [5.41, 5.74) is 7.65. The fourth-order valence-corrected chi connectivity index (χ4v) is 3.48. The molecular weight excluding hydrogens is 252 g/mol. The molecule has 0 amide bonds. The van der Waals surface area contributed by atoms with Gasteiger partial charge in [0.2, 0.25) is 0 Å². The first-order valence-corrected chi connectivity index (χ1v) is 7.48. The lowest BCUT2D eigenvalue weighted by molar-refractivity contribution is -0.384. The maximum Gasteiger partial charge on any atom is 0.269 e. The van der Waals surface area contributed by atoms with Crippen molar-refractivity contribution < 1.29 is 4.92 Å². The Kier molecular flexibility index (Phi) is 4.76. The molecule has 0 aliphatic heterocycles. The lowest BCUT2D eigenvalue weighted by Gasteiger charge is -2.39. The van der Waals surface area contributed by atoms with Gasteiger partial charge in [0.05, 0.1) is 4.92 Å². The van der Waals surface area contributed by atoms with Crippen LogP contribution in [-0.4, -0.2) is 11.5 Å². The van der Waals surface area contributed by atoms with E-state index in [4.69, 9.17) is 5.73 Å². The smallest absolute Gasteiger partial charge is 0.269 e. The molecule has 0 spiro atoms. The van der Waals surface area contributed by atoms with Gasteiger partial charge in [-0.15, -0.1) is 0 Å². The summed E-state index contributed by atoms with van der Waals surface area (Å²) in [6.45, 7) is 3.07. The summed E-state index contributed by atoms with van der Waals surface area (Å²) in [5, 5.41) is 10.6. The number of nitro benzene ring substituents is 1. The van der Waals surface area contributed by atoms with E-state index in [2.05, 4.69) is 6.92 Å². The quantitative estimate of drug-likeness (QED) is 0.658. The molecule has 1 aromatic carbocycles.